The number of nitrogens with one attached hydrogen (secondary N) is 1. The molecule has 0 aliphatic rings. The normalized spacial score (nSPS) is 13.2. The fraction of sp³-hybridized carbons (Fsp3) is 0.375. The SMILES string of the molecule is CC(Nc1cc(N)nc(C(F)(F)F)n1)C(N)=O. The van der Waals surface area contributed by atoms with Gasteiger partial charge in [-0.2, -0.15) is 13.2 Å². The summed E-state index contributed by atoms with van der Waals surface area (Å²) in [5, 5.41) is 2.39. The van der Waals surface area contributed by atoms with Crippen molar-refractivity contribution in [3.8, 4) is 0 Å². The number of anilines is 2. The molecule has 94 valence electrons. The van der Waals surface area contributed by atoms with Gasteiger partial charge in [0.2, 0.25) is 11.7 Å². The van der Waals surface area contributed by atoms with Crippen molar-refractivity contribution in [3.05, 3.63) is 11.9 Å². The summed E-state index contributed by atoms with van der Waals surface area (Å²) in [6.07, 6.45) is -4.71. The molecule has 9 heteroatoms. The van der Waals surface area contributed by atoms with Crippen LogP contribution in [0.25, 0.3) is 0 Å². The van der Waals surface area contributed by atoms with Gasteiger partial charge in [-0.1, -0.05) is 0 Å². The zero-order chi connectivity index (χ0) is 13.2. The third-order valence-corrected chi connectivity index (χ3v) is 1.79. The molecule has 0 saturated carbocycles. The molecule has 0 fully saturated rings. The minimum absolute atomic E-state index is 0.212. The van der Waals surface area contributed by atoms with Gasteiger partial charge in [0.15, 0.2) is 0 Å². The molecule has 6 nitrogen and oxygen atoms in total. The Balaban J connectivity index is 3.02. The van der Waals surface area contributed by atoms with Crippen molar-refractivity contribution in [1.82, 2.24) is 9.97 Å². The van der Waals surface area contributed by atoms with Crippen molar-refractivity contribution in [1.29, 1.82) is 0 Å². The Hall–Kier alpha value is -2.06. The number of amides is 1. The molecule has 0 bridgehead atoms. The highest BCUT2D eigenvalue weighted by Crippen LogP contribution is 2.27. The van der Waals surface area contributed by atoms with Crippen LogP contribution in [0.2, 0.25) is 0 Å². The van der Waals surface area contributed by atoms with E-state index < -0.39 is 23.9 Å². The molecule has 1 aromatic heterocycles. The predicted octanol–water partition coefficient (Wildman–Crippen LogP) is 0.363. The number of nitrogens with two attached hydrogens (primary N) is 2. The molecule has 17 heavy (non-hydrogen) atoms. The summed E-state index contributed by atoms with van der Waals surface area (Å²) >= 11 is 0. The van der Waals surface area contributed by atoms with Gasteiger partial charge in [0.05, 0.1) is 0 Å². The number of aromatic nitrogens is 2. The second-order valence-corrected chi connectivity index (χ2v) is 3.27. The van der Waals surface area contributed by atoms with Gasteiger partial charge >= 0.3 is 6.18 Å². The summed E-state index contributed by atoms with van der Waals surface area (Å²) in [5.41, 5.74) is 10.1. The number of carbonyl (C=O) groups excluding carboxylic acids is 1. The number of rotatable bonds is 3. The number of carbonyl (C=O) groups is 1. The van der Waals surface area contributed by atoms with Gasteiger partial charge in [0.1, 0.15) is 17.7 Å². The van der Waals surface area contributed by atoms with Crippen molar-refractivity contribution in [2.45, 2.75) is 19.1 Å². The first-order chi connectivity index (χ1) is 7.70. The monoisotopic (exact) mass is 249 g/mol. The van der Waals surface area contributed by atoms with Crippen LogP contribution in [-0.2, 0) is 11.0 Å². The van der Waals surface area contributed by atoms with Crippen molar-refractivity contribution in [2.75, 3.05) is 11.1 Å². The third kappa shape index (κ3) is 3.47. The topological polar surface area (TPSA) is 107 Å². The molecule has 5 N–H and O–H groups in total. The Morgan fingerprint density at radius 1 is 1.47 bits per heavy atom. The Morgan fingerprint density at radius 2 is 2.06 bits per heavy atom. The van der Waals surface area contributed by atoms with E-state index in [9.17, 15) is 18.0 Å². The van der Waals surface area contributed by atoms with E-state index in [1.807, 2.05) is 0 Å². The molecule has 0 aliphatic heterocycles. The van der Waals surface area contributed by atoms with Crippen molar-refractivity contribution in [2.24, 2.45) is 5.73 Å². The lowest BCUT2D eigenvalue weighted by Gasteiger charge is -2.13. The molecule has 0 aromatic carbocycles. The molecule has 1 unspecified atom stereocenters. The van der Waals surface area contributed by atoms with E-state index in [1.54, 1.807) is 0 Å². The van der Waals surface area contributed by atoms with E-state index in [0.29, 0.717) is 0 Å². The second kappa shape index (κ2) is 4.44. The number of primary amides is 1. The summed E-state index contributed by atoms with van der Waals surface area (Å²) < 4.78 is 37.0. The maximum Gasteiger partial charge on any atom is 0.451 e. The number of nitrogens with zero attached hydrogens (tertiary/aromatic N) is 2. The number of halogens is 3. The lowest BCUT2D eigenvalue weighted by atomic mass is 10.3. The first kappa shape index (κ1) is 13.0. The average Bonchev–Trinajstić information content (AvgIpc) is 2.15. The Morgan fingerprint density at radius 3 is 2.53 bits per heavy atom. The standard InChI is InChI=1S/C8H10F3N5O/c1-3(6(13)17)14-5-2-4(12)15-7(16-5)8(9,10)11/h2-3H,1H3,(H2,13,17)(H3,12,14,15,16). The quantitative estimate of drug-likeness (QED) is 0.717. The summed E-state index contributed by atoms with van der Waals surface area (Å²) in [7, 11) is 0. The number of nitrogen functional groups attached to an aromatic ring is 1. The lowest BCUT2D eigenvalue weighted by molar-refractivity contribution is -0.144. The molecular formula is C8H10F3N5O. The summed E-state index contributed by atoms with van der Waals surface area (Å²) in [6, 6.07) is 0.208. The molecule has 0 radical (unpaired) electrons. The van der Waals surface area contributed by atoms with Crippen molar-refractivity contribution < 1.29 is 18.0 Å². The lowest BCUT2D eigenvalue weighted by Crippen LogP contribution is -2.33. The van der Waals surface area contributed by atoms with Gasteiger partial charge in [-0.25, -0.2) is 9.97 Å². The van der Waals surface area contributed by atoms with E-state index >= 15 is 0 Å². The summed E-state index contributed by atoms with van der Waals surface area (Å²) in [4.78, 5) is 17.0. The number of hydrogen-bond acceptors (Lipinski definition) is 5. The molecule has 0 saturated heterocycles. The molecule has 1 atom stereocenters. The second-order valence-electron chi connectivity index (χ2n) is 3.27. The minimum Gasteiger partial charge on any atom is -0.384 e. The molecule has 1 heterocycles. The van der Waals surface area contributed by atoms with Crippen LogP contribution in [0.5, 0.6) is 0 Å². The van der Waals surface area contributed by atoms with E-state index in [-0.39, 0.29) is 11.6 Å². The summed E-state index contributed by atoms with van der Waals surface area (Å²) in [5.74, 6) is -2.67. The predicted molar refractivity (Wildman–Crippen MR) is 53.7 cm³/mol. The highest BCUT2D eigenvalue weighted by Gasteiger charge is 2.35. The zero-order valence-electron chi connectivity index (χ0n) is 8.75. The maximum atomic E-state index is 12.3. The van der Waals surface area contributed by atoms with E-state index in [1.165, 1.54) is 6.92 Å². The van der Waals surface area contributed by atoms with E-state index in [0.717, 1.165) is 6.07 Å². The molecule has 0 aliphatic carbocycles. The van der Waals surface area contributed by atoms with Crippen LogP contribution in [0, 0.1) is 0 Å². The highest BCUT2D eigenvalue weighted by atomic mass is 19.4. The van der Waals surface area contributed by atoms with Crippen molar-refractivity contribution in [3.63, 3.8) is 0 Å². The molecular weight excluding hydrogens is 239 g/mol. The molecule has 1 rings (SSSR count). The first-order valence-electron chi connectivity index (χ1n) is 4.47. The van der Waals surface area contributed by atoms with Gasteiger partial charge in [0, 0.05) is 6.07 Å². The largest absolute Gasteiger partial charge is 0.451 e. The van der Waals surface area contributed by atoms with Gasteiger partial charge in [-0.15, -0.1) is 0 Å². The Labute approximate surface area is 94.2 Å². The Kier molecular flexibility index (Phi) is 3.39. The molecule has 1 aromatic rings. The number of alkyl halides is 3. The number of hydrogen-bond donors (Lipinski definition) is 3. The van der Waals surface area contributed by atoms with Crippen LogP contribution in [0.4, 0.5) is 24.8 Å². The Bertz CT molecular complexity index is 434. The van der Waals surface area contributed by atoms with E-state index in [2.05, 4.69) is 15.3 Å². The van der Waals surface area contributed by atoms with Crippen LogP contribution in [0.1, 0.15) is 12.7 Å². The minimum atomic E-state index is -4.71. The third-order valence-electron chi connectivity index (χ3n) is 1.79. The molecule has 1 amide bonds. The van der Waals surface area contributed by atoms with Crippen LogP contribution >= 0.6 is 0 Å². The van der Waals surface area contributed by atoms with E-state index in [4.69, 9.17) is 11.5 Å². The van der Waals surface area contributed by atoms with Crippen LogP contribution in [-0.4, -0.2) is 21.9 Å². The van der Waals surface area contributed by atoms with Gasteiger partial charge in [-0.3, -0.25) is 4.79 Å². The van der Waals surface area contributed by atoms with Gasteiger partial charge in [0.25, 0.3) is 0 Å². The average molecular weight is 249 g/mol. The highest BCUT2D eigenvalue weighted by molar-refractivity contribution is 5.82. The fourth-order valence-corrected chi connectivity index (χ4v) is 0.960. The fourth-order valence-electron chi connectivity index (χ4n) is 0.960. The van der Waals surface area contributed by atoms with Crippen LogP contribution < -0.4 is 16.8 Å². The van der Waals surface area contributed by atoms with Crippen LogP contribution in [0.3, 0.4) is 0 Å². The van der Waals surface area contributed by atoms with Crippen LogP contribution in [0.15, 0.2) is 6.07 Å². The maximum absolute atomic E-state index is 12.3. The first-order valence-corrected chi connectivity index (χ1v) is 4.47. The van der Waals surface area contributed by atoms with Gasteiger partial charge < -0.3 is 16.8 Å². The smallest absolute Gasteiger partial charge is 0.384 e. The zero-order valence-corrected chi connectivity index (χ0v) is 8.75. The summed E-state index contributed by atoms with van der Waals surface area (Å²) in [6.45, 7) is 1.38. The molecule has 0 spiro atoms. The van der Waals surface area contributed by atoms with Crippen molar-refractivity contribution >= 4 is 17.5 Å². The van der Waals surface area contributed by atoms with Gasteiger partial charge in [-0.05, 0) is 6.92 Å².